The normalized spacial score (nSPS) is 14.8. The van der Waals surface area contributed by atoms with Crippen LogP contribution in [0.2, 0.25) is 0 Å². The predicted molar refractivity (Wildman–Crippen MR) is 123 cm³/mol. The summed E-state index contributed by atoms with van der Waals surface area (Å²) in [5, 5.41) is 2.89. The lowest BCUT2D eigenvalue weighted by molar-refractivity contribution is -0.128. The van der Waals surface area contributed by atoms with Crippen molar-refractivity contribution in [1.82, 2.24) is 10.2 Å². The van der Waals surface area contributed by atoms with Crippen LogP contribution in [0.4, 0.5) is 5.69 Å². The SMILES string of the molecule is CC(Oc1ccc(N(C)S(C)(=O)=O)cc1)C(=O)NCc1ccccc1CN1CCCC1=O. The summed E-state index contributed by atoms with van der Waals surface area (Å²) < 4.78 is 30.1. The Balaban J connectivity index is 1.56. The first-order chi connectivity index (χ1) is 15.1. The van der Waals surface area contributed by atoms with Crippen LogP contribution >= 0.6 is 0 Å². The van der Waals surface area contributed by atoms with E-state index in [2.05, 4.69) is 5.32 Å². The molecule has 1 heterocycles. The summed E-state index contributed by atoms with van der Waals surface area (Å²) >= 11 is 0. The van der Waals surface area contributed by atoms with Crippen LogP contribution in [0.5, 0.6) is 5.75 Å². The molecular formula is C23H29N3O5S. The minimum atomic E-state index is -3.35. The lowest BCUT2D eigenvalue weighted by Crippen LogP contribution is -2.36. The highest BCUT2D eigenvalue weighted by Crippen LogP contribution is 2.21. The van der Waals surface area contributed by atoms with Gasteiger partial charge in [-0.15, -0.1) is 0 Å². The number of hydrogen-bond acceptors (Lipinski definition) is 5. The second-order valence-corrected chi connectivity index (χ2v) is 9.90. The van der Waals surface area contributed by atoms with Crippen molar-refractivity contribution in [2.24, 2.45) is 0 Å². The van der Waals surface area contributed by atoms with Gasteiger partial charge in [0.1, 0.15) is 5.75 Å². The van der Waals surface area contributed by atoms with Gasteiger partial charge in [-0.2, -0.15) is 0 Å². The lowest BCUT2D eigenvalue weighted by Gasteiger charge is -2.20. The molecule has 32 heavy (non-hydrogen) atoms. The summed E-state index contributed by atoms with van der Waals surface area (Å²) in [4.78, 5) is 26.3. The molecule has 2 aromatic carbocycles. The zero-order valence-electron chi connectivity index (χ0n) is 18.6. The molecule has 2 amide bonds. The number of nitrogens with one attached hydrogen (secondary N) is 1. The van der Waals surface area contributed by atoms with Crippen LogP contribution in [-0.2, 0) is 32.7 Å². The molecule has 1 unspecified atom stereocenters. The van der Waals surface area contributed by atoms with E-state index < -0.39 is 16.1 Å². The molecule has 1 aliphatic heterocycles. The van der Waals surface area contributed by atoms with Gasteiger partial charge < -0.3 is 15.0 Å². The number of ether oxygens (including phenoxy) is 1. The van der Waals surface area contributed by atoms with Crippen LogP contribution in [0.3, 0.4) is 0 Å². The minimum absolute atomic E-state index is 0.166. The zero-order chi connectivity index (χ0) is 23.3. The molecule has 0 saturated carbocycles. The van der Waals surface area contributed by atoms with Crippen molar-refractivity contribution in [3.63, 3.8) is 0 Å². The predicted octanol–water partition coefficient (Wildman–Crippen LogP) is 2.29. The van der Waals surface area contributed by atoms with E-state index in [1.807, 2.05) is 29.2 Å². The molecule has 0 spiro atoms. The van der Waals surface area contributed by atoms with Gasteiger partial charge in [-0.1, -0.05) is 24.3 Å². The van der Waals surface area contributed by atoms with E-state index in [4.69, 9.17) is 4.74 Å². The first-order valence-corrected chi connectivity index (χ1v) is 12.3. The summed E-state index contributed by atoms with van der Waals surface area (Å²) in [5.41, 5.74) is 2.48. The third-order valence-corrected chi connectivity index (χ3v) is 6.69. The maximum absolute atomic E-state index is 12.5. The molecule has 0 aromatic heterocycles. The highest BCUT2D eigenvalue weighted by Gasteiger charge is 2.21. The molecule has 1 atom stereocenters. The first-order valence-electron chi connectivity index (χ1n) is 10.5. The zero-order valence-corrected chi connectivity index (χ0v) is 19.4. The Morgan fingerprint density at radius 1 is 1.16 bits per heavy atom. The lowest BCUT2D eigenvalue weighted by atomic mass is 10.1. The van der Waals surface area contributed by atoms with Crippen molar-refractivity contribution in [3.8, 4) is 5.75 Å². The fraction of sp³-hybridized carbons (Fsp3) is 0.391. The Labute approximate surface area is 189 Å². The summed E-state index contributed by atoms with van der Waals surface area (Å²) in [6.45, 7) is 3.30. The van der Waals surface area contributed by atoms with Gasteiger partial charge >= 0.3 is 0 Å². The van der Waals surface area contributed by atoms with Gasteiger partial charge in [0.15, 0.2) is 6.10 Å². The van der Waals surface area contributed by atoms with Crippen LogP contribution in [0.15, 0.2) is 48.5 Å². The van der Waals surface area contributed by atoms with E-state index in [0.29, 0.717) is 30.9 Å². The summed E-state index contributed by atoms with van der Waals surface area (Å²) in [7, 11) is -1.88. The number of amides is 2. The van der Waals surface area contributed by atoms with E-state index in [1.54, 1.807) is 31.2 Å². The van der Waals surface area contributed by atoms with Crippen LogP contribution in [0, 0.1) is 0 Å². The number of rotatable bonds is 9. The monoisotopic (exact) mass is 459 g/mol. The molecule has 1 aliphatic rings. The van der Waals surface area contributed by atoms with E-state index in [-0.39, 0.29) is 11.8 Å². The molecule has 0 bridgehead atoms. The smallest absolute Gasteiger partial charge is 0.261 e. The molecule has 0 aliphatic carbocycles. The van der Waals surface area contributed by atoms with E-state index in [1.165, 1.54) is 11.4 Å². The molecule has 3 rings (SSSR count). The molecule has 0 radical (unpaired) electrons. The molecular weight excluding hydrogens is 430 g/mol. The van der Waals surface area contributed by atoms with Gasteiger partial charge in [-0.25, -0.2) is 8.42 Å². The molecule has 9 heteroatoms. The maximum Gasteiger partial charge on any atom is 0.261 e. The van der Waals surface area contributed by atoms with Crippen molar-refractivity contribution >= 4 is 27.5 Å². The number of nitrogens with zero attached hydrogens (tertiary/aromatic N) is 2. The van der Waals surface area contributed by atoms with Crippen LogP contribution in [0.25, 0.3) is 0 Å². The van der Waals surface area contributed by atoms with Crippen LogP contribution < -0.4 is 14.4 Å². The highest BCUT2D eigenvalue weighted by atomic mass is 32.2. The van der Waals surface area contributed by atoms with Gasteiger partial charge in [0.05, 0.1) is 11.9 Å². The number of carbonyl (C=O) groups excluding carboxylic acids is 2. The maximum atomic E-state index is 12.5. The summed E-state index contributed by atoms with van der Waals surface area (Å²) in [6, 6.07) is 14.3. The Hall–Kier alpha value is -3.07. The molecule has 1 N–H and O–H groups in total. The van der Waals surface area contributed by atoms with Gasteiger partial charge in [0, 0.05) is 33.1 Å². The van der Waals surface area contributed by atoms with Crippen molar-refractivity contribution in [2.45, 2.75) is 39.0 Å². The topological polar surface area (TPSA) is 96.0 Å². The number of likely N-dealkylation sites (tertiary alicyclic amines) is 1. The molecule has 1 fully saturated rings. The van der Waals surface area contributed by atoms with Crippen LogP contribution in [0.1, 0.15) is 30.9 Å². The Morgan fingerprint density at radius 2 is 1.81 bits per heavy atom. The fourth-order valence-corrected chi connectivity index (χ4v) is 3.98. The van der Waals surface area contributed by atoms with Crippen LogP contribution in [-0.4, -0.2) is 51.1 Å². The van der Waals surface area contributed by atoms with E-state index in [0.717, 1.165) is 30.3 Å². The number of sulfonamides is 1. The quantitative estimate of drug-likeness (QED) is 0.621. The van der Waals surface area contributed by atoms with E-state index >= 15 is 0 Å². The number of anilines is 1. The number of benzene rings is 2. The Morgan fingerprint density at radius 3 is 2.41 bits per heavy atom. The van der Waals surface area contributed by atoms with Crippen molar-refractivity contribution in [1.29, 1.82) is 0 Å². The van der Waals surface area contributed by atoms with Gasteiger partial charge in [-0.3, -0.25) is 13.9 Å². The second kappa shape index (κ2) is 10.0. The molecule has 8 nitrogen and oxygen atoms in total. The number of hydrogen-bond donors (Lipinski definition) is 1. The second-order valence-electron chi connectivity index (χ2n) is 7.89. The van der Waals surface area contributed by atoms with Gasteiger partial charge in [0.2, 0.25) is 15.9 Å². The third kappa shape index (κ3) is 6.00. The van der Waals surface area contributed by atoms with Gasteiger partial charge in [0.25, 0.3) is 5.91 Å². The Kier molecular flexibility index (Phi) is 7.40. The molecule has 2 aromatic rings. The molecule has 172 valence electrons. The van der Waals surface area contributed by atoms with Crippen molar-refractivity contribution in [2.75, 3.05) is 24.2 Å². The molecule has 1 saturated heterocycles. The average molecular weight is 460 g/mol. The largest absolute Gasteiger partial charge is 0.481 e. The summed E-state index contributed by atoms with van der Waals surface area (Å²) in [6.07, 6.45) is 1.88. The minimum Gasteiger partial charge on any atom is -0.481 e. The Bertz CT molecular complexity index is 1070. The van der Waals surface area contributed by atoms with Crippen molar-refractivity contribution in [3.05, 3.63) is 59.7 Å². The average Bonchev–Trinajstić information content (AvgIpc) is 3.16. The number of carbonyl (C=O) groups is 2. The van der Waals surface area contributed by atoms with Gasteiger partial charge in [-0.05, 0) is 48.7 Å². The summed E-state index contributed by atoms with van der Waals surface area (Å²) in [5.74, 6) is 0.361. The van der Waals surface area contributed by atoms with Crippen molar-refractivity contribution < 1.29 is 22.7 Å². The third-order valence-electron chi connectivity index (χ3n) is 5.48. The fourth-order valence-electron chi connectivity index (χ4n) is 3.47. The highest BCUT2D eigenvalue weighted by molar-refractivity contribution is 7.92. The standard InChI is InChI=1S/C23H29N3O5S/c1-17(31-21-12-10-20(11-13-21)25(2)32(3,29)30)23(28)24-15-18-7-4-5-8-19(18)16-26-14-6-9-22(26)27/h4-5,7-8,10-13,17H,6,9,14-16H2,1-3H3,(H,24,28). The van der Waals surface area contributed by atoms with E-state index in [9.17, 15) is 18.0 Å². The first kappa shape index (κ1) is 23.6.